The van der Waals surface area contributed by atoms with Crippen LogP contribution in [0.2, 0.25) is 0 Å². The number of carbonyl (C=O) groups is 1. The Bertz CT molecular complexity index is 686. The number of aryl methyl sites for hydroxylation is 2. The molecule has 1 unspecified atom stereocenters. The van der Waals surface area contributed by atoms with Crippen molar-refractivity contribution in [3.05, 3.63) is 42.0 Å². The Morgan fingerprint density at radius 3 is 2.95 bits per heavy atom. The number of carbonyl (C=O) groups excluding carboxylic acids is 1. The molecule has 1 amide bonds. The van der Waals surface area contributed by atoms with Crippen molar-refractivity contribution in [2.75, 3.05) is 19.6 Å². The van der Waals surface area contributed by atoms with Crippen molar-refractivity contribution < 1.29 is 4.79 Å². The van der Waals surface area contributed by atoms with Gasteiger partial charge in [-0.2, -0.15) is 10.2 Å². The topological polar surface area (TPSA) is 68.0 Å². The van der Waals surface area contributed by atoms with Crippen LogP contribution in [0.15, 0.2) is 30.7 Å². The van der Waals surface area contributed by atoms with Crippen LogP contribution in [0.25, 0.3) is 6.08 Å². The molecule has 1 atom stereocenters. The molecule has 1 saturated heterocycles. The highest BCUT2D eigenvalue weighted by atomic mass is 16.2. The zero-order chi connectivity index (χ0) is 15.5. The fourth-order valence-electron chi connectivity index (χ4n) is 2.68. The van der Waals surface area contributed by atoms with Crippen molar-refractivity contribution in [1.29, 1.82) is 0 Å². The van der Waals surface area contributed by atoms with Gasteiger partial charge in [-0.05, 0) is 12.1 Å². The second-order valence-electron chi connectivity index (χ2n) is 5.41. The van der Waals surface area contributed by atoms with E-state index in [9.17, 15) is 4.79 Å². The Labute approximate surface area is 129 Å². The summed E-state index contributed by atoms with van der Waals surface area (Å²) in [4.78, 5) is 14.4. The molecule has 0 spiro atoms. The van der Waals surface area contributed by atoms with Crippen LogP contribution in [-0.2, 0) is 18.9 Å². The Kier molecular flexibility index (Phi) is 4.06. The van der Waals surface area contributed by atoms with Gasteiger partial charge in [0, 0.05) is 57.8 Å². The molecule has 1 fully saturated rings. The molecule has 0 saturated carbocycles. The maximum Gasteiger partial charge on any atom is 0.247 e. The van der Waals surface area contributed by atoms with E-state index >= 15 is 0 Å². The van der Waals surface area contributed by atoms with Crippen molar-refractivity contribution in [2.45, 2.75) is 6.04 Å². The lowest BCUT2D eigenvalue weighted by Crippen LogP contribution is -2.48. The molecule has 0 aliphatic carbocycles. The average molecular weight is 300 g/mol. The summed E-state index contributed by atoms with van der Waals surface area (Å²) in [5.41, 5.74) is 1.96. The minimum Gasteiger partial charge on any atom is -0.329 e. The Morgan fingerprint density at radius 2 is 2.27 bits per heavy atom. The van der Waals surface area contributed by atoms with Gasteiger partial charge in [-0.1, -0.05) is 0 Å². The first kappa shape index (κ1) is 14.5. The van der Waals surface area contributed by atoms with Crippen LogP contribution in [0.1, 0.15) is 17.3 Å². The number of piperazine rings is 1. The predicted molar refractivity (Wildman–Crippen MR) is 82.8 cm³/mol. The first-order chi connectivity index (χ1) is 10.6. The van der Waals surface area contributed by atoms with Crippen LogP contribution in [0.5, 0.6) is 0 Å². The molecule has 2 aromatic rings. The van der Waals surface area contributed by atoms with Gasteiger partial charge in [0.15, 0.2) is 0 Å². The van der Waals surface area contributed by atoms with Crippen LogP contribution >= 0.6 is 0 Å². The summed E-state index contributed by atoms with van der Waals surface area (Å²) in [7, 11) is 3.74. The average Bonchev–Trinajstić information content (AvgIpc) is 3.13. The van der Waals surface area contributed by atoms with Gasteiger partial charge in [0.25, 0.3) is 0 Å². The fourth-order valence-corrected chi connectivity index (χ4v) is 2.68. The van der Waals surface area contributed by atoms with E-state index in [0.717, 1.165) is 24.3 Å². The molecular weight excluding hydrogens is 280 g/mol. The number of amides is 1. The first-order valence-electron chi connectivity index (χ1n) is 7.31. The highest BCUT2D eigenvalue weighted by molar-refractivity contribution is 5.92. The van der Waals surface area contributed by atoms with Crippen LogP contribution < -0.4 is 5.32 Å². The summed E-state index contributed by atoms with van der Waals surface area (Å²) >= 11 is 0. The molecule has 7 nitrogen and oxygen atoms in total. The zero-order valence-corrected chi connectivity index (χ0v) is 12.8. The SMILES string of the molecule is Cn1cc(C2CNCCN2C(=O)/C=C/c2ccnn2C)cn1. The van der Waals surface area contributed by atoms with Crippen LogP contribution in [0, 0.1) is 0 Å². The van der Waals surface area contributed by atoms with Crippen LogP contribution in [0.4, 0.5) is 0 Å². The summed E-state index contributed by atoms with van der Waals surface area (Å²) in [5.74, 6) is 0.0107. The van der Waals surface area contributed by atoms with Gasteiger partial charge in [-0.25, -0.2) is 0 Å². The molecule has 3 rings (SSSR count). The smallest absolute Gasteiger partial charge is 0.247 e. The van der Waals surface area contributed by atoms with Gasteiger partial charge in [-0.3, -0.25) is 14.2 Å². The summed E-state index contributed by atoms with van der Waals surface area (Å²) in [6, 6.07) is 1.89. The van der Waals surface area contributed by atoms with Crippen molar-refractivity contribution in [3.63, 3.8) is 0 Å². The van der Waals surface area contributed by atoms with Gasteiger partial charge >= 0.3 is 0 Å². The number of hydrogen-bond acceptors (Lipinski definition) is 4. The van der Waals surface area contributed by atoms with Crippen LogP contribution in [0.3, 0.4) is 0 Å². The molecule has 116 valence electrons. The summed E-state index contributed by atoms with van der Waals surface area (Å²) in [6.07, 6.45) is 8.92. The van der Waals surface area contributed by atoms with Gasteiger partial charge in [0.05, 0.1) is 17.9 Å². The number of nitrogens with one attached hydrogen (secondary N) is 1. The third kappa shape index (κ3) is 2.94. The molecule has 22 heavy (non-hydrogen) atoms. The molecule has 1 aliphatic rings. The van der Waals surface area contributed by atoms with E-state index in [1.807, 2.05) is 37.5 Å². The second-order valence-corrected chi connectivity index (χ2v) is 5.41. The number of rotatable bonds is 3. The highest BCUT2D eigenvalue weighted by Crippen LogP contribution is 2.22. The largest absolute Gasteiger partial charge is 0.329 e. The quantitative estimate of drug-likeness (QED) is 0.830. The van der Waals surface area contributed by atoms with E-state index in [4.69, 9.17) is 0 Å². The van der Waals surface area contributed by atoms with E-state index in [1.165, 1.54) is 0 Å². The monoisotopic (exact) mass is 300 g/mol. The van der Waals surface area contributed by atoms with E-state index in [0.29, 0.717) is 6.54 Å². The molecule has 1 aliphatic heterocycles. The van der Waals surface area contributed by atoms with Crippen molar-refractivity contribution in [2.24, 2.45) is 14.1 Å². The minimum atomic E-state index is 0.0107. The van der Waals surface area contributed by atoms with Crippen molar-refractivity contribution in [3.8, 4) is 0 Å². The third-order valence-corrected chi connectivity index (χ3v) is 3.89. The first-order valence-corrected chi connectivity index (χ1v) is 7.31. The Morgan fingerprint density at radius 1 is 1.41 bits per heavy atom. The number of hydrogen-bond donors (Lipinski definition) is 1. The normalized spacial score (nSPS) is 19.0. The van der Waals surface area contributed by atoms with Gasteiger partial charge in [-0.15, -0.1) is 0 Å². The van der Waals surface area contributed by atoms with E-state index in [2.05, 4.69) is 15.5 Å². The Balaban J connectivity index is 1.77. The Hall–Kier alpha value is -2.41. The maximum atomic E-state index is 12.5. The lowest BCUT2D eigenvalue weighted by atomic mass is 10.1. The standard InChI is InChI=1S/C15H20N6O/c1-19-11-12(9-18-19)14-10-16-7-8-21(14)15(22)4-3-13-5-6-17-20(13)2/h3-6,9,11,14,16H,7-8,10H2,1-2H3/b4-3+. The summed E-state index contributed by atoms with van der Waals surface area (Å²) < 4.78 is 3.50. The number of aromatic nitrogens is 4. The summed E-state index contributed by atoms with van der Waals surface area (Å²) in [5, 5.41) is 11.6. The molecule has 2 aromatic heterocycles. The van der Waals surface area contributed by atoms with Crippen molar-refractivity contribution >= 4 is 12.0 Å². The predicted octanol–water partition coefficient (Wildman–Crippen LogP) is 0.340. The van der Waals surface area contributed by atoms with E-state index < -0.39 is 0 Å². The molecule has 0 aromatic carbocycles. The molecule has 0 radical (unpaired) electrons. The second kappa shape index (κ2) is 6.15. The number of nitrogens with zero attached hydrogens (tertiary/aromatic N) is 5. The molecule has 0 bridgehead atoms. The lowest BCUT2D eigenvalue weighted by Gasteiger charge is -2.35. The van der Waals surface area contributed by atoms with Crippen molar-refractivity contribution in [1.82, 2.24) is 29.8 Å². The zero-order valence-electron chi connectivity index (χ0n) is 12.8. The highest BCUT2D eigenvalue weighted by Gasteiger charge is 2.27. The molecular formula is C15H20N6O. The third-order valence-electron chi connectivity index (χ3n) is 3.89. The lowest BCUT2D eigenvalue weighted by molar-refractivity contribution is -0.129. The molecule has 3 heterocycles. The molecule has 1 N–H and O–H groups in total. The van der Waals surface area contributed by atoms with E-state index in [1.54, 1.807) is 27.7 Å². The van der Waals surface area contributed by atoms with Gasteiger partial charge < -0.3 is 10.2 Å². The fraction of sp³-hybridized carbons (Fsp3) is 0.400. The van der Waals surface area contributed by atoms with Gasteiger partial charge in [0.2, 0.25) is 5.91 Å². The molecule has 7 heteroatoms. The van der Waals surface area contributed by atoms with E-state index in [-0.39, 0.29) is 11.9 Å². The summed E-state index contributed by atoms with van der Waals surface area (Å²) in [6.45, 7) is 2.24. The maximum absolute atomic E-state index is 12.5. The van der Waals surface area contributed by atoms with Crippen LogP contribution in [-0.4, -0.2) is 50.0 Å². The minimum absolute atomic E-state index is 0.0107. The van der Waals surface area contributed by atoms with Gasteiger partial charge in [0.1, 0.15) is 0 Å².